The van der Waals surface area contributed by atoms with Gasteiger partial charge in [-0.2, -0.15) is 0 Å². The van der Waals surface area contributed by atoms with Crippen LogP contribution in [0, 0.1) is 12.0 Å². The molecule has 0 radical (unpaired) electrons. The summed E-state index contributed by atoms with van der Waals surface area (Å²) < 4.78 is 0. The second kappa shape index (κ2) is 4.42. The molecule has 6 heteroatoms. The number of fused-ring (bicyclic) bond motifs is 4. The highest BCUT2D eigenvalue weighted by Crippen LogP contribution is 2.62. The highest BCUT2D eigenvalue weighted by atomic mass is 35.5. The van der Waals surface area contributed by atoms with Crippen molar-refractivity contribution < 1.29 is 4.79 Å². The molecule has 3 fully saturated rings. The van der Waals surface area contributed by atoms with Crippen LogP contribution in [0.15, 0.2) is 6.20 Å². The summed E-state index contributed by atoms with van der Waals surface area (Å²) in [5, 5.41) is 0.199. The first-order chi connectivity index (χ1) is 10.5. The Hall–Kier alpha value is -1.67. The van der Waals surface area contributed by atoms with E-state index in [9.17, 15) is 4.79 Å². The summed E-state index contributed by atoms with van der Waals surface area (Å²) in [5.74, 6) is -0.124. The zero-order valence-electron chi connectivity index (χ0n) is 12.5. The van der Waals surface area contributed by atoms with Crippen molar-refractivity contribution in [3.05, 3.63) is 28.6 Å². The van der Waals surface area contributed by atoms with Gasteiger partial charge in [0.1, 0.15) is 0 Å². The Morgan fingerprint density at radius 2 is 1.95 bits per heavy atom. The minimum atomic E-state index is -0.225. The first kappa shape index (κ1) is 14.0. The van der Waals surface area contributed by atoms with E-state index in [4.69, 9.17) is 18.2 Å². The lowest BCUT2D eigenvalue weighted by Gasteiger charge is -2.49. The fraction of sp³-hybridized carbons (Fsp3) is 0.625. The van der Waals surface area contributed by atoms with E-state index >= 15 is 0 Å². The lowest BCUT2D eigenvalue weighted by Crippen LogP contribution is -2.48. The molecule has 0 aromatic carbocycles. The molecule has 1 unspecified atom stereocenters. The third-order valence-corrected chi connectivity index (χ3v) is 6.28. The van der Waals surface area contributed by atoms with Gasteiger partial charge in [-0.3, -0.25) is 4.79 Å². The van der Waals surface area contributed by atoms with Crippen molar-refractivity contribution in [2.45, 2.75) is 50.0 Å². The van der Waals surface area contributed by atoms with Gasteiger partial charge in [0, 0.05) is 26.3 Å². The van der Waals surface area contributed by atoms with E-state index in [1.807, 2.05) is 0 Å². The number of rotatable bonds is 1. The standard InChI is InChI=1S/C16H17ClN4O/c1-18-16-6-3-15(4-7-16,5-8-16)11-12-10(21(2)13(11)22)9-19-14(17)20-12/h9,11H,3-8H2,2H3. The molecule has 0 N–H and O–H groups in total. The predicted octanol–water partition coefficient (Wildman–Crippen LogP) is 3.20. The van der Waals surface area contributed by atoms with E-state index in [1.54, 1.807) is 18.1 Å². The second-order valence-electron chi connectivity index (χ2n) is 6.94. The molecule has 1 aliphatic heterocycles. The van der Waals surface area contributed by atoms with Gasteiger partial charge in [0.15, 0.2) is 0 Å². The van der Waals surface area contributed by atoms with Gasteiger partial charge in [-0.1, -0.05) is 0 Å². The largest absolute Gasteiger partial charge is 0.312 e. The first-order valence-electron chi connectivity index (χ1n) is 7.69. The van der Waals surface area contributed by atoms with Crippen molar-refractivity contribution in [3.63, 3.8) is 0 Å². The molecule has 22 heavy (non-hydrogen) atoms. The van der Waals surface area contributed by atoms with Gasteiger partial charge in [0.25, 0.3) is 0 Å². The van der Waals surface area contributed by atoms with Crippen LogP contribution in [0.1, 0.15) is 50.1 Å². The SMILES string of the molecule is [C-]#[N+]C12CCC(C3C(=O)N(C)c4cnc(Cl)nc43)(CC1)CC2. The van der Waals surface area contributed by atoms with Crippen LogP contribution in [0.2, 0.25) is 5.28 Å². The van der Waals surface area contributed by atoms with Gasteiger partial charge in [-0.15, -0.1) is 0 Å². The summed E-state index contributed by atoms with van der Waals surface area (Å²) in [6, 6.07) is 0. The number of aromatic nitrogens is 2. The van der Waals surface area contributed by atoms with Crippen molar-refractivity contribution in [3.8, 4) is 0 Å². The molecule has 3 saturated carbocycles. The second-order valence-corrected chi connectivity index (χ2v) is 7.28. The van der Waals surface area contributed by atoms with Gasteiger partial charge in [0.2, 0.25) is 16.7 Å². The summed E-state index contributed by atoms with van der Waals surface area (Å²) in [5.41, 5.74) is 1.34. The maximum Gasteiger partial charge on any atom is 0.236 e. The highest BCUT2D eigenvalue weighted by molar-refractivity contribution is 6.28. The van der Waals surface area contributed by atoms with Crippen molar-refractivity contribution in [1.82, 2.24) is 9.97 Å². The molecular weight excluding hydrogens is 300 g/mol. The van der Waals surface area contributed by atoms with Crippen LogP contribution in [0.4, 0.5) is 5.69 Å². The van der Waals surface area contributed by atoms with E-state index < -0.39 is 0 Å². The number of likely N-dealkylation sites (N-methyl/N-ethyl adjacent to an activating group) is 1. The maximum absolute atomic E-state index is 12.9. The normalized spacial score (nSPS) is 36.3. The molecule has 3 aliphatic carbocycles. The molecule has 5 nitrogen and oxygen atoms in total. The zero-order chi connectivity index (χ0) is 15.5. The number of hydrogen-bond donors (Lipinski definition) is 0. The fourth-order valence-corrected chi connectivity index (χ4v) is 4.75. The lowest BCUT2D eigenvalue weighted by molar-refractivity contribution is -0.124. The number of amides is 1. The Balaban J connectivity index is 1.77. The van der Waals surface area contributed by atoms with Crippen LogP contribution in [-0.4, -0.2) is 28.5 Å². The van der Waals surface area contributed by atoms with E-state index in [1.165, 1.54) is 0 Å². The topological polar surface area (TPSA) is 50.5 Å². The first-order valence-corrected chi connectivity index (χ1v) is 8.07. The van der Waals surface area contributed by atoms with Gasteiger partial charge in [0.05, 0.1) is 23.5 Å². The van der Waals surface area contributed by atoms with Crippen LogP contribution < -0.4 is 4.90 Å². The Bertz CT molecular complexity index is 686. The van der Waals surface area contributed by atoms with E-state index in [2.05, 4.69) is 14.8 Å². The Morgan fingerprint density at radius 3 is 2.55 bits per heavy atom. The van der Waals surface area contributed by atoms with Crippen LogP contribution in [0.5, 0.6) is 0 Å². The van der Waals surface area contributed by atoms with Gasteiger partial charge in [-0.05, 0) is 36.3 Å². The molecular formula is C16H17ClN4O. The molecule has 1 amide bonds. The third kappa shape index (κ3) is 1.67. The van der Waals surface area contributed by atoms with Crippen molar-refractivity contribution in [1.29, 1.82) is 0 Å². The van der Waals surface area contributed by atoms with E-state index in [0.717, 1.165) is 49.9 Å². The number of halogens is 1. The predicted molar refractivity (Wildman–Crippen MR) is 82.7 cm³/mol. The summed E-state index contributed by atoms with van der Waals surface area (Å²) in [6.45, 7) is 7.47. The number of carbonyl (C=O) groups excluding carboxylic acids is 1. The molecule has 5 rings (SSSR count). The third-order valence-electron chi connectivity index (χ3n) is 6.10. The highest BCUT2D eigenvalue weighted by Gasteiger charge is 2.60. The molecule has 114 valence electrons. The average Bonchev–Trinajstić information content (AvgIpc) is 2.80. The van der Waals surface area contributed by atoms with Crippen LogP contribution >= 0.6 is 11.6 Å². The van der Waals surface area contributed by atoms with Gasteiger partial charge in [-0.25, -0.2) is 16.5 Å². The smallest absolute Gasteiger partial charge is 0.236 e. The number of nitrogens with zero attached hydrogens (tertiary/aromatic N) is 4. The fourth-order valence-electron chi connectivity index (χ4n) is 4.61. The number of hydrogen-bond acceptors (Lipinski definition) is 3. The molecule has 4 aliphatic rings. The quantitative estimate of drug-likeness (QED) is 0.590. The average molecular weight is 317 g/mol. The van der Waals surface area contributed by atoms with Crippen LogP contribution in [0.25, 0.3) is 4.85 Å². The number of anilines is 1. The van der Waals surface area contributed by atoms with Crippen molar-refractivity contribution >= 4 is 23.2 Å². The molecule has 2 bridgehead atoms. The minimum Gasteiger partial charge on any atom is -0.312 e. The van der Waals surface area contributed by atoms with Gasteiger partial charge >= 0.3 is 0 Å². The maximum atomic E-state index is 12.9. The lowest BCUT2D eigenvalue weighted by atomic mass is 9.53. The molecule has 1 aromatic rings. The van der Waals surface area contributed by atoms with Crippen LogP contribution in [0.3, 0.4) is 0 Å². The molecule has 1 aromatic heterocycles. The van der Waals surface area contributed by atoms with Crippen LogP contribution in [-0.2, 0) is 4.79 Å². The Labute approximate surface area is 134 Å². The molecule has 1 atom stereocenters. The summed E-state index contributed by atoms with van der Waals surface area (Å²) in [6.07, 6.45) is 7.14. The molecule has 0 saturated heterocycles. The summed E-state index contributed by atoms with van der Waals surface area (Å²) >= 11 is 5.97. The van der Waals surface area contributed by atoms with E-state index in [0.29, 0.717) is 0 Å². The van der Waals surface area contributed by atoms with Gasteiger partial charge < -0.3 is 9.74 Å². The zero-order valence-corrected chi connectivity index (χ0v) is 13.2. The number of carbonyl (C=O) groups is 1. The van der Waals surface area contributed by atoms with Crippen molar-refractivity contribution in [2.75, 3.05) is 11.9 Å². The van der Waals surface area contributed by atoms with E-state index in [-0.39, 0.29) is 28.1 Å². The van der Waals surface area contributed by atoms with Crippen molar-refractivity contribution in [2.24, 2.45) is 5.41 Å². The summed E-state index contributed by atoms with van der Waals surface area (Å²) in [4.78, 5) is 26.8. The summed E-state index contributed by atoms with van der Waals surface area (Å²) in [7, 11) is 1.78. The Morgan fingerprint density at radius 1 is 1.32 bits per heavy atom. The molecule has 0 spiro atoms. The minimum absolute atomic E-state index is 0.0548. The monoisotopic (exact) mass is 316 g/mol. The molecule has 2 heterocycles. The Kier molecular flexibility index (Phi) is 2.80.